The Balaban J connectivity index is 2.26. The Labute approximate surface area is 92.6 Å². The minimum absolute atomic E-state index is 0.204. The summed E-state index contributed by atoms with van der Waals surface area (Å²) < 4.78 is 15.2. The molecular formula is C10H13FN2OS. The van der Waals surface area contributed by atoms with E-state index >= 15 is 0 Å². The highest BCUT2D eigenvalue weighted by atomic mass is 32.2. The lowest BCUT2D eigenvalue weighted by Gasteiger charge is -2.04. The molecule has 0 aliphatic heterocycles. The molecule has 0 aliphatic rings. The molecule has 5 heteroatoms. The Kier molecular flexibility index (Phi) is 4.97. The normalized spacial score (nSPS) is 9.73. The van der Waals surface area contributed by atoms with E-state index in [4.69, 9.17) is 0 Å². The van der Waals surface area contributed by atoms with Gasteiger partial charge in [-0.15, -0.1) is 0 Å². The van der Waals surface area contributed by atoms with Crippen LogP contribution in [0.25, 0.3) is 0 Å². The van der Waals surface area contributed by atoms with Crippen molar-refractivity contribution < 1.29 is 9.18 Å². The van der Waals surface area contributed by atoms with E-state index in [1.54, 1.807) is 12.1 Å². The summed E-state index contributed by atoms with van der Waals surface area (Å²) >= 11 is 1.28. The zero-order chi connectivity index (χ0) is 11.1. The van der Waals surface area contributed by atoms with Crippen LogP contribution in [-0.2, 0) is 5.75 Å². The molecule has 0 heterocycles. The molecule has 0 spiro atoms. The third-order valence-electron chi connectivity index (χ3n) is 1.65. The molecule has 3 nitrogen and oxygen atoms in total. The average molecular weight is 228 g/mol. The lowest BCUT2D eigenvalue weighted by molar-refractivity contribution is 0.247. The quantitative estimate of drug-likeness (QED) is 0.776. The Morgan fingerprint density at radius 3 is 2.67 bits per heavy atom. The smallest absolute Gasteiger partial charge is 0.324 e. The van der Waals surface area contributed by atoms with Crippen molar-refractivity contribution in [3.05, 3.63) is 35.6 Å². The molecular weight excluding hydrogens is 215 g/mol. The van der Waals surface area contributed by atoms with Crippen LogP contribution in [0.4, 0.5) is 9.18 Å². The van der Waals surface area contributed by atoms with Crippen molar-refractivity contribution in [3.63, 3.8) is 0 Å². The van der Waals surface area contributed by atoms with Crippen molar-refractivity contribution in [2.75, 3.05) is 6.54 Å². The van der Waals surface area contributed by atoms with Crippen LogP contribution in [0.5, 0.6) is 0 Å². The van der Waals surface area contributed by atoms with Gasteiger partial charge in [-0.3, -0.25) is 4.72 Å². The molecule has 82 valence electrons. The highest BCUT2D eigenvalue weighted by Gasteiger charge is 1.98. The summed E-state index contributed by atoms with van der Waals surface area (Å²) in [5.74, 6) is 0.373. The predicted molar refractivity (Wildman–Crippen MR) is 59.9 cm³/mol. The Hall–Kier alpha value is -1.23. The fourth-order valence-electron chi connectivity index (χ4n) is 0.962. The van der Waals surface area contributed by atoms with Gasteiger partial charge in [0.05, 0.1) is 0 Å². The number of rotatable bonds is 4. The zero-order valence-electron chi connectivity index (χ0n) is 8.42. The Morgan fingerprint density at radius 1 is 1.40 bits per heavy atom. The molecule has 15 heavy (non-hydrogen) atoms. The van der Waals surface area contributed by atoms with Crippen LogP contribution in [0.2, 0.25) is 0 Å². The number of benzene rings is 1. The van der Waals surface area contributed by atoms with E-state index in [2.05, 4.69) is 10.0 Å². The molecule has 0 atom stereocenters. The van der Waals surface area contributed by atoms with Gasteiger partial charge in [-0.1, -0.05) is 12.1 Å². The molecule has 0 saturated carbocycles. The number of carbonyl (C=O) groups is 1. The van der Waals surface area contributed by atoms with E-state index in [-0.39, 0.29) is 11.8 Å². The third kappa shape index (κ3) is 4.69. The summed E-state index contributed by atoms with van der Waals surface area (Å²) in [6.45, 7) is 2.45. The van der Waals surface area contributed by atoms with Crippen LogP contribution in [0, 0.1) is 5.82 Å². The first-order valence-electron chi connectivity index (χ1n) is 4.62. The van der Waals surface area contributed by atoms with Gasteiger partial charge in [0.25, 0.3) is 0 Å². The summed E-state index contributed by atoms with van der Waals surface area (Å²) in [5, 5.41) is 2.61. The molecule has 1 aromatic rings. The molecule has 0 radical (unpaired) electrons. The summed E-state index contributed by atoms with van der Waals surface area (Å²) in [6.07, 6.45) is 0. The second kappa shape index (κ2) is 6.29. The van der Waals surface area contributed by atoms with Gasteiger partial charge in [-0.05, 0) is 36.6 Å². The van der Waals surface area contributed by atoms with E-state index in [0.29, 0.717) is 12.3 Å². The number of carbonyl (C=O) groups excluding carboxylic acids is 1. The predicted octanol–water partition coefficient (Wildman–Crippen LogP) is 2.29. The molecule has 2 amide bonds. The summed E-state index contributed by atoms with van der Waals surface area (Å²) in [5.41, 5.74) is 0.971. The molecule has 0 aromatic heterocycles. The lowest BCUT2D eigenvalue weighted by atomic mass is 10.2. The molecule has 0 fully saturated rings. The highest BCUT2D eigenvalue weighted by Crippen LogP contribution is 2.09. The van der Waals surface area contributed by atoms with E-state index in [1.165, 1.54) is 24.1 Å². The number of hydrogen-bond donors (Lipinski definition) is 2. The maximum Gasteiger partial charge on any atom is 0.324 e. The van der Waals surface area contributed by atoms with Gasteiger partial charge >= 0.3 is 6.03 Å². The SMILES string of the molecule is CCNC(=O)NSCc1ccc(F)cc1. The number of amides is 2. The second-order valence-electron chi connectivity index (χ2n) is 2.88. The number of urea groups is 1. The number of hydrogen-bond acceptors (Lipinski definition) is 2. The van der Waals surface area contributed by atoms with E-state index in [1.807, 2.05) is 6.92 Å². The van der Waals surface area contributed by atoms with Crippen molar-refractivity contribution in [1.82, 2.24) is 10.0 Å². The van der Waals surface area contributed by atoms with Gasteiger partial charge in [-0.2, -0.15) is 0 Å². The topological polar surface area (TPSA) is 41.1 Å². The van der Waals surface area contributed by atoms with Crippen LogP contribution in [0.15, 0.2) is 24.3 Å². The second-order valence-corrected chi connectivity index (χ2v) is 3.66. The molecule has 0 aliphatic carbocycles. The standard InChI is InChI=1S/C10H13FN2OS/c1-2-12-10(14)13-15-7-8-3-5-9(11)6-4-8/h3-6H,2,7H2,1H3,(H2,12,13,14). The van der Waals surface area contributed by atoms with Crippen LogP contribution >= 0.6 is 11.9 Å². The van der Waals surface area contributed by atoms with Crippen LogP contribution < -0.4 is 10.0 Å². The maximum absolute atomic E-state index is 12.6. The lowest BCUT2D eigenvalue weighted by Crippen LogP contribution is -2.30. The first kappa shape index (κ1) is 11.8. The van der Waals surface area contributed by atoms with Gasteiger partial charge < -0.3 is 5.32 Å². The van der Waals surface area contributed by atoms with Gasteiger partial charge in [0.15, 0.2) is 0 Å². The summed E-state index contributed by atoms with van der Waals surface area (Å²) in [4.78, 5) is 11.0. The van der Waals surface area contributed by atoms with Crippen molar-refractivity contribution in [3.8, 4) is 0 Å². The van der Waals surface area contributed by atoms with Crippen LogP contribution in [0.1, 0.15) is 12.5 Å². The number of halogens is 1. The largest absolute Gasteiger partial charge is 0.338 e. The number of nitrogens with one attached hydrogen (secondary N) is 2. The van der Waals surface area contributed by atoms with Gasteiger partial charge in [-0.25, -0.2) is 9.18 Å². The maximum atomic E-state index is 12.6. The van der Waals surface area contributed by atoms with Crippen molar-refractivity contribution >= 4 is 18.0 Å². The summed E-state index contributed by atoms with van der Waals surface area (Å²) in [7, 11) is 0. The molecule has 0 bridgehead atoms. The van der Waals surface area contributed by atoms with E-state index < -0.39 is 0 Å². The van der Waals surface area contributed by atoms with Gasteiger partial charge in [0, 0.05) is 12.3 Å². The Bertz CT molecular complexity index is 316. The molecule has 1 aromatic carbocycles. The van der Waals surface area contributed by atoms with Crippen LogP contribution in [-0.4, -0.2) is 12.6 Å². The molecule has 2 N–H and O–H groups in total. The van der Waals surface area contributed by atoms with E-state index in [9.17, 15) is 9.18 Å². The Morgan fingerprint density at radius 2 is 2.07 bits per heavy atom. The first-order valence-corrected chi connectivity index (χ1v) is 5.61. The van der Waals surface area contributed by atoms with Crippen molar-refractivity contribution in [2.24, 2.45) is 0 Å². The molecule has 0 unspecified atom stereocenters. The van der Waals surface area contributed by atoms with Gasteiger partial charge in [0.2, 0.25) is 0 Å². The average Bonchev–Trinajstić information content (AvgIpc) is 2.21. The minimum Gasteiger partial charge on any atom is -0.338 e. The first-order chi connectivity index (χ1) is 7.22. The third-order valence-corrected chi connectivity index (χ3v) is 2.46. The van der Waals surface area contributed by atoms with Crippen LogP contribution in [0.3, 0.4) is 0 Å². The fraction of sp³-hybridized carbons (Fsp3) is 0.300. The van der Waals surface area contributed by atoms with Gasteiger partial charge in [0.1, 0.15) is 5.82 Å². The van der Waals surface area contributed by atoms with Crippen molar-refractivity contribution in [1.29, 1.82) is 0 Å². The minimum atomic E-state index is -0.250. The highest BCUT2D eigenvalue weighted by molar-refractivity contribution is 7.97. The summed E-state index contributed by atoms with van der Waals surface area (Å²) in [6, 6.07) is 6.00. The zero-order valence-corrected chi connectivity index (χ0v) is 9.23. The molecule has 0 saturated heterocycles. The fourth-order valence-corrected chi connectivity index (χ4v) is 1.60. The van der Waals surface area contributed by atoms with Crippen molar-refractivity contribution in [2.45, 2.75) is 12.7 Å². The monoisotopic (exact) mass is 228 g/mol. The molecule has 1 rings (SSSR count). The van der Waals surface area contributed by atoms with E-state index in [0.717, 1.165) is 5.56 Å².